The Kier molecular flexibility index (Phi) is 4.39. The molecular weight excluding hydrogens is 461 g/mol. The van der Waals surface area contributed by atoms with E-state index in [-0.39, 0.29) is 5.56 Å². The maximum Gasteiger partial charge on any atom is 0.261 e. The average Bonchev–Trinajstić information content (AvgIpc) is 3.37. The summed E-state index contributed by atoms with van der Waals surface area (Å²) in [5.74, 6) is 1.36. The topological polar surface area (TPSA) is 104 Å². The Labute approximate surface area is 196 Å². The summed E-state index contributed by atoms with van der Waals surface area (Å²) < 4.78 is 1.79. The van der Waals surface area contributed by atoms with E-state index in [1.807, 2.05) is 37.4 Å². The summed E-state index contributed by atoms with van der Waals surface area (Å²) in [6, 6.07) is 16.5. The minimum atomic E-state index is -0.286. The maximum absolute atomic E-state index is 13.2. The van der Waals surface area contributed by atoms with Gasteiger partial charge in [-0.2, -0.15) is 0 Å². The summed E-state index contributed by atoms with van der Waals surface area (Å²) in [4.78, 5) is 33.1. The van der Waals surface area contributed by atoms with Gasteiger partial charge >= 0.3 is 0 Å². The first kappa shape index (κ1) is 19.8. The normalized spacial score (nSPS) is 11.6. The molecule has 6 aromatic rings. The minimum absolute atomic E-state index is 0.286. The number of fused-ring (bicyclic) bond motifs is 4. The molecule has 0 amide bonds. The molecule has 0 aliphatic heterocycles. The minimum Gasteiger partial charge on any atom is -0.335 e. The van der Waals surface area contributed by atoms with Crippen LogP contribution in [0.25, 0.3) is 44.6 Å². The van der Waals surface area contributed by atoms with Gasteiger partial charge in [0.25, 0.3) is 5.56 Å². The smallest absolute Gasteiger partial charge is 0.261 e. The lowest BCUT2D eigenvalue weighted by molar-refractivity contribution is 0.960. The molecule has 3 aromatic heterocycles. The highest BCUT2D eigenvalue weighted by Crippen LogP contribution is 2.34. The van der Waals surface area contributed by atoms with Gasteiger partial charge in [-0.15, -0.1) is 0 Å². The Bertz CT molecular complexity index is 1710. The van der Waals surface area contributed by atoms with Crippen molar-refractivity contribution in [3.63, 3.8) is 0 Å². The van der Waals surface area contributed by atoms with E-state index in [1.54, 1.807) is 28.8 Å². The van der Waals surface area contributed by atoms with Crippen LogP contribution in [-0.2, 0) is 7.05 Å². The van der Waals surface area contributed by atoms with Crippen molar-refractivity contribution in [2.75, 3.05) is 5.32 Å². The summed E-state index contributed by atoms with van der Waals surface area (Å²) in [6.07, 6.45) is 0. The van der Waals surface area contributed by atoms with Crippen molar-refractivity contribution >= 4 is 67.8 Å². The molecule has 162 valence electrons. The van der Waals surface area contributed by atoms with E-state index in [2.05, 4.69) is 30.2 Å². The number of aromatic amines is 2. The van der Waals surface area contributed by atoms with Gasteiger partial charge in [0.1, 0.15) is 0 Å². The highest BCUT2D eigenvalue weighted by molar-refractivity contribution is 6.39. The number of aromatic nitrogens is 6. The Morgan fingerprint density at radius 3 is 2.30 bits per heavy atom. The first-order valence-electron chi connectivity index (χ1n) is 10.1. The molecule has 0 bridgehead atoms. The molecule has 10 heteroatoms. The van der Waals surface area contributed by atoms with Crippen molar-refractivity contribution in [3.8, 4) is 11.6 Å². The molecule has 0 fully saturated rings. The maximum atomic E-state index is 13.2. The number of imidazole rings is 2. The van der Waals surface area contributed by atoms with Gasteiger partial charge in [0.05, 0.1) is 48.7 Å². The average molecular weight is 476 g/mol. The number of para-hydroxylation sites is 3. The quantitative estimate of drug-likeness (QED) is 0.317. The fourth-order valence-electron chi connectivity index (χ4n) is 3.95. The zero-order valence-electron chi connectivity index (χ0n) is 17.1. The summed E-state index contributed by atoms with van der Waals surface area (Å²) in [7, 11) is 1.81. The van der Waals surface area contributed by atoms with E-state index in [1.165, 1.54) is 0 Å². The number of nitrogens with one attached hydrogen (secondary N) is 3. The zero-order chi connectivity index (χ0) is 22.7. The second-order valence-corrected chi connectivity index (χ2v) is 8.38. The lowest BCUT2D eigenvalue weighted by Crippen LogP contribution is -2.11. The summed E-state index contributed by atoms with van der Waals surface area (Å²) in [5, 5.41) is 4.54. The Balaban J connectivity index is 1.52. The van der Waals surface area contributed by atoms with E-state index in [9.17, 15) is 4.79 Å². The third kappa shape index (κ3) is 3.14. The first-order valence-corrected chi connectivity index (χ1v) is 10.8. The van der Waals surface area contributed by atoms with Gasteiger partial charge in [-0.1, -0.05) is 41.4 Å². The van der Waals surface area contributed by atoms with Gasteiger partial charge in [-0.3, -0.25) is 4.79 Å². The lowest BCUT2D eigenvalue weighted by atomic mass is 10.2. The Hall–Kier alpha value is -3.88. The Morgan fingerprint density at radius 2 is 1.52 bits per heavy atom. The lowest BCUT2D eigenvalue weighted by Gasteiger charge is -2.10. The van der Waals surface area contributed by atoms with Crippen LogP contribution in [0, 0.1) is 0 Å². The van der Waals surface area contributed by atoms with Crippen LogP contribution in [0.2, 0.25) is 10.0 Å². The predicted octanol–water partition coefficient (Wildman–Crippen LogP) is 5.40. The van der Waals surface area contributed by atoms with E-state index in [0.717, 1.165) is 11.0 Å². The SMILES string of the molecule is Cn1c(Nc2c(Cl)cccc2Cl)nc2ccc3nc(-c4nc5ccccc5[nH]4)[nH]c(=O)c3c21. The number of halogens is 2. The van der Waals surface area contributed by atoms with Gasteiger partial charge in [0, 0.05) is 7.05 Å². The summed E-state index contributed by atoms with van der Waals surface area (Å²) in [5.41, 5.74) is 3.74. The molecule has 0 aliphatic carbocycles. The molecule has 6 rings (SSSR count). The fourth-order valence-corrected chi connectivity index (χ4v) is 4.44. The molecule has 33 heavy (non-hydrogen) atoms. The number of rotatable bonds is 3. The molecule has 0 unspecified atom stereocenters. The second-order valence-electron chi connectivity index (χ2n) is 7.56. The van der Waals surface area contributed by atoms with Crippen LogP contribution in [0.1, 0.15) is 0 Å². The van der Waals surface area contributed by atoms with Crippen molar-refractivity contribution in [3.05, 3.63) is 75.0 Å². The number of anilines is 2. The van der Waals surface area contributed by atoms with E-state index in [0.29, 0.717) is 55.3 Å². The number of hydrogen-bond acceptors (Lipinski definition) is 5. The monoisotopic (exact) mass is 475 g/mol. The highest BCUT2D eigenvalue weighted by Gasteiger charge is 2.18. The van der Waals surface area contributed by atoms with Crippen LogP contribution in [0.15, 0.2) is 59.4 Å². The number of nitrogens with zero attached hydrogens (tertiary/aromatic N) is 4. The fraction of sp³-hybridized carbons (Fsp3) is 0.0435. The van der Waals surface area contributed by atoms with Crippen LogP contribution < -0.4 is 10.9 Å². The predicted molar refractivity (Wildman–Crippen MR) is 131 cm³/mol. The van der Waals surface area contributed by atoms with Crippen molar-refractivity contribution < 1.29 is 0 Å². The van der Waals surface area contributed by atoms with Crippen molar-refractivity contribution in [2.45, 2.75) is 0 Å². The summed E-state index contributed by atoms with van der Waals surface area (Å²) >= 11 is 12.6. The van der Waals surface area contributed by atoms with Gasteiger partial charge in [-0.05, 0) is 36.4 Å². The van der Waals surface area contributed by atoms with E-state index < -0.39 is 0 Å². The van der Waals surface area contributed by atoms with Gasteiger partial charge in [-0.25, -0.2) is 15.0 Å². The Morgan fingerprint density at radius 1 is 0.818 bits per heavy atom. The molecule has 0 radical (unpaired) electrons. The molecule has 0 saturated carbocycles. The van der Waals surface area contributed by atoms with Crippen LogP contribution >= 0.6 is 23.2 Å². The van der Waals surface area contributed by atoms with E-state index in [4.69, 9.17) is 23.2 Å². The second kappa shape index (κ2) is 7.33. The largest absolute Gasteiger partial charge is 0.335 e. The van der Waals surface area contributed by atoms with Gasteiger partial charge in [0.15, 0.2) is 11.6 Å². The molecule has 3 heterocycles. The summed E-state index contributed by atoms with van der Waals surface area (Å²) in [6.45, 7) is 0. The molecule has 0 saturated heterocycles. The number of benzene rings is 3. The molecule has 3 aromatic carbocycles. The van der Waals surface area contributed by atoms with Crippen LogP contribution in [0.3, 0.4) is 0 Å². The molecule has 0 atom stereocenters. The number of hydrogen-bond donors (Lipinski definition) is 3. The van der Waals surface area contributed by atoms with Crippen molar-refractivity contribution in [1.29, 1.82) is 0 Å². The highest BCUT2D eigenvalue weighted by atomic mass is 35.5. The van der Waals surface area contributed by atoms with Crippen molar-refractivity contribution in [2.24, 2.45) is 7.05 Å². The van der Waals surface area contributed by atoms with Gasteiger partial charge in [0.2, 0.25) is 5.95 Å². The molecule has 3 N–H and O–H groups in total. The molecule has 0 spiro atoms. The number of aryl methyl sites for hydroxylation is 1. The van der Waals surface area contributed by atoms with Crippen LogP contribution in [0.5, 0.6) is 0 Å². The standard InChI is InChI=1S/C23H15Cl2N7O/c1-32-19-16(29-23(32)30-18-11(24)5-4-6-12(18)25)10-9-15-17(19)22(33)31-21(28-15)20-26-13-7-2-3-8-14(13)27-20/h2-10H,1H3,(H,26,27)(H,29,30)(H,28,31,33). The third-order valence-electron chi connectivity index (χ3n) is 5.52. The third-order valence-corrected chi connectivity index (χ3v) is 6.15. The molecular formula is C23H15Cl2N7O. The van der Waals surface area contributed by atoms with Crippen LogP contribution in [0.4, 0.5) is 11.6 Å². The molecule has 8 nitrogen and oxygen atoms in total. The number of H-pyrrole nitrogens is 2. The molecule has 0 aliphatic rings. The van der Waals surface area contributed by atoms with Crippen molar-refractivity contribution in [1.82, 2.24) is 29.5 Å². The van der Waals surface area contributed by atoms with E-state index >= 15 is 0 Å². The first-order chi connectivity index (χ1) is 16.0. The zero-order valence-corrected chi connectivity index (χ0v) is 18.7. The van der Waals surface area contributed by atoms with Crippen LogP contribution in [-0.4, -0.2) is 29.5 Å². The van der Waals surface area contributed by atoms with Gasteiger partial charge < -0.3 is 19.9 Å².